The average molecular weight is 337 g/mol. The molecule has 5 heteroatoms. The Morgan fingerprint density at radius 2 is 2.15 bits per heavy atom. The van der Waals surface area contributed by atoms with Crippen molar-refractivity contribution in [2.45, 2.75) is 25.4 Å². The number of nitrogens with one attached hydrogen (secondary N) is 1. The average Bonchev–Trinajstić information content (AvgIpc) is 3.25. The number of benzene rings is 1. The highest BCUT2D eigenvalue weighted by Gasteiger charge is 2.19. The summed E-state index contributed by atoms with van der Waals surface area (Å²) in [7, 11) is 0. The number of pyridine rings is 1. The molecule has 0 aliphatic heterocycles. The zero-order valence-electron chi connectivity index (χ0n) is 10.8. The standard InChI is InChI=1S/C15H14BrFN2O/c16-13-8-12(3-4-14(13)17)20-15-7-10(5-6-18-15)9-19-11-1-2-11/h3-8,11,19H,1-2,9H2. The molecule has 0 amide bonds. The maximum Gasteiger partial charge on any atom is 0.219 e. The van der Waals surface area contributed by atoms with Crippen LogP contribution in [-0.2, 0) is 6.54 Å². The van der Waals surface area contributed by atoms with Crippen LogP contribution in [0, 0.1) is 5.82 Å². The van der Waals surface area contributed by atoms with Gasteiger partial charge in [-0.1, -0.05) is 0 Å². The minimum absolute atomic E-state index is 0.312. The maximum atomic E-state index is 13.2. The summed E-state index contributed by atoms with van der Waals surface area (Å²) in [6.45, 7) is 0.816. The lowest BCUT2D eigenvalue weighted by Gasteiger charge is -2.08. The Bertz CT molecular complexity index is 617. The normalized spacial score (nSPS) is 14.3. The third-order valence-corrected chi connectivity index (χ3v) is 3.69. The minimum Gasteiger partial charge on any atom is -0.439 e. The van der Waals surface area contributed by atoms with Gasteiger partial charge >= 0.3 is 0 Å². The Morgan fingerprint density at radius 1 is 1.30 bits per heavy atom. The predicted octanol–water partition coefficient (Wildman–Crippen LogP) is 4.03. The fourth-order valence-electron chi connectivity index (χ4n) is 1.83. The van der Waals surface area contributed by atoms with E-state index >= 15 is 0 Å². The molecule has 1 fully saturated rings. The monoisotopic (exact) mass is 336 g/mol. The van der Waals surface area contributed by atoms with Crippen LogP contribution in [0.25, 0.3) is 0 Å². The molecule has 1 aliphatic rings. The smallest absolute Gasteiger partial charge is 0.219 e. The highest BCUT2D eigenvalue weighted by molar-refractivity contribution is 9.10. The summed E-state index contributed by atoms with van der Waals surface area (Å²) in [4.78, 5) is 4.17. The number of hydrogen-bond donors (Lipinski definition) is 1. The van der Waals surface area contributed by atoms with Gasteiger partial charge in [0.1, 0.15) is 11.6 Å². The van der Waals surface area contributed by atoms with Crippen LogP contribution >= 0.6 is 15.9 Å². The minimum atomic E-state index is -0.312. The van der Waals surface area contributed by atoms with Crippen molar-refractivity contribution < 1.29 is 9.13 Å². The van der Waals surface area contributed by atoms with E-state index in [4.69, 9.17) is 4.74 Å². The lowest BCUT2D eigenvalue weighted by atomic mass is 10.2. The van der Waals surface area contributed by atoms with Crippen LogP contribution in [-0.4, -0.2) is 11.0 Å². The van der Waals surface area contributed by atoms with Crippen LogP contribution in [0.15, 0.2) is 41.0 Å². The molecule has 1 saturated carbocycles. The fraction of sp³-hybridized carbons (Fsp3) is 0.267. The van der Waals surface area contributed by atoms with E-state index in [1.165, 1.54) is 18.9 Å². The summed E-state index contributed by atoms with van der Waals surface area (Å²) in [6.07, 6.45) is 4.24. The van der Waals surface area contributed by atoms with E-state index in [0.717, 1.165) is 12.1 Å². The molecule has 1 aromatic heterocycles. The third-order valence-electron chi connectivity index (χ3n) is 3.08. The van der Waals surface area contributed by atoms with E-state index in [2.05, 4.69) is 26.2 Å². The van der Waals surface area contributed by atoms with Gasteiger partial charge in [-0.15, -0.1) is 0 Å². The molecule has 0 unspecified atom stereocenters. The SMILES string of the molecule is Fc1ccc(Oc2cc(CNC3CC3)ccn2)cc1Br. The molecule has 1 N–H and O–H groups in total. The molecule has 1 aliphatic carbocycles. The van der Waals surface area contributed by atoms with Gasteiger partial charge in [0.15, 0.2) is 0 Å². The van der Waals surface area contributed by atoms with Crippen molar-refractivity contribution in [2.75, 3.05) is 0 Å². The number of rotatable bonds is 5. The van der Waals surface area contributed by atoms with Gasteiger partial charge in [-0.25, -0.2) is 9.37 Å². The Labute approximate surface area is 125 Å². The number of halogens is 2. The second kappa shape index (κ2) is 5.89. The lowest BCUT2D eigenvalue weighted by molar-refractivity contribution is 0.459. The molecule has 3 rings (SSSR count). The Hall–Kier alpha value is -1.46. The first-order valence-corrected chi connectivity index (χ1v) is 7.31. The van der Waals surface area contributed by atoms with Gasteiger partial charge in [0, 0.05) is 24.8 Å². The van der Waals surface area contributed by atoms with E-state index in [-0.39, 0.29) is 5.82 Å². The van der Waals surface area contributed by atoms with Crippen LogP contribution in [0.5, 0.6) is 11.6 Å². The molecule has 0 radical (unpaired) electrons. The molecule has 0 spiro atoms. The summed E-state index contributed by atoms with van der Waals surface area (Å²) in [6, 6.07) is 9.05. The molecular formula is C15H14BrFN2O. The molecule has 1 heterocycles. The molecule has 0 bridgehead atoms. The van der Waals surface area contributed by atoms with Gasteiger partial charge in [-0.05, 0) is 58.6 Å². The van der Waals surface area contributed by atoms with Crippen molar-refractivity contribution in [3.8, 4) is 11.6 Å². The second-order valence-corrected chi connectivity index (χ2v) is 5.69. The zero-order chi connectivity index (χ0) is 13.9. The maximum absolute atomic E-state index is 13.2. The largest absolute Gasteiger partial charge is 0.439 e. The van der Waals surface area contributed by atoms with E-state index in [0.29, 0.717) is 22.1 Å². The molecule has 3 nitrogen and oxygen atoms in total. The lowest BCUT2D eigenvalue weighted by Crippen LogP contribution is -2.15. The fourth-order valence-corrected chi connectivity index (χ4v) is 2.18. The molecule has 20 heavy (non-hydrogen) atoms. The van der Waals surface area contributed by atoms with Gasteiger partial charge in [-0.2, -0.15) is 0 Å². The number of hydrogen-bond acceptors (Lipinski definition) is 3. The number of ether oxygens (including phenoxy) is 1. The van der Waals surface area contributed by atoms with E-state index in [9.17, 15) is 4.39 Å². The summed E-state index contributed by atoms with van der Waals surface area (Å²) in [5.74, 6) is 0.754. The van der Waals surface area contributed by atoms with Crippen LogP contribution in [0.3, 0.4) is 0 Å². The van der Waals surface area contributed by atoms with Gasteiger partial charge in [0.2, 0.25) is 5.88 Å². The Kier molecular flexibility index (Phi) is 3.98. The van der Waals surface area contributed by atoms with Crippen molar-refractivity contribution in [1.29, 1.82) is 0 Å². The van der Waals surface area contributed by atoms with E-state index in [1.54, 1.807) is 18.3 Å². The van der Waals surface area contributed by atoms with Crippen LogP contribution in [0.1, 0.15) is 18.4 Å². The van der Waals surface area contributed by atoms with Crippen LogP contribution in [0.4, 0.5) is 4.39 Å². The van der Waals surface area contributed by atoms with Gasteiger partial charge in [0.25, 0.3) is 0 Å². The molecule has 0 atom stereocenters. The molecular weight excluding hydrogens is 323 g/mol. The first kappa shape index (κ1) is 13.5. The zero-order valence-corrected chi connectivity index (χ0v) is 12.4. The Balaban J connectivity index is 1.69. The summed E-state index contributed by atoms with van der Waals surface area (Å²) in [5.41, 5.74) is 1.13. The first-order valence-electron chi connectivity index (χ1n) is 6.52. The van der Waals surface area contributed by atoms with Gasteiger partial charge in [-0.3, -0.25) is 0 Å². The van der Waals surface area contributed by atoms with Gasteiger partial charge < -0.3 is 10.1 Å². The van der Waals surface area contributed by atoms with Crippen molar-refractivity contribution in [3.63, 3.8) is 0 Å². The van der Waals surface area contributed by atoms with E-state index < -0.39 is 0 Å². The van der Waals surface area contributed by atoms with Crippen molar-refractivity contribution >= 4 is 15.9 Å². The molecule has 104 valence electrons. The highest BCUT2D eigenvalue weighted by Crippen LogP contribution is 2.26. The molecule has 2 aromatic rings. The van der Waals surface area contributed by atoms with Crippen LogP contribution in [0.2, 0.25) is 0 Å². The number of aromatic nitrogens is 1. The quantitative estimate of drug-likeness (QED) is 0.895. The summed E-state index contributed by atoms with van der Waals surface area (Å²) in [5, 5.41) is 3.44. The van der Waals surface area contributed by atoms with Gasteiger partial charge in [0.05, 0.1) is 4.47 Å². The predicted molar refractivity (Wildman–Crippen MR) is 78.3 cm³/mol. The van der Waals surface area contributed by atoms with E-state index in [1.807, 2.05) is 12.1 Å². The van der Waals surface area contributed by atoms with Crippen molar-refractivity contribution in [1.82, 2.24) is 10.3 Å². The summed E-state index contributed by atoms with van der Waals surface area (Å²) < 4.78 is 19.2. The highest BCUT2D eigenvalue weighted by atomic mass is 79.9. The molecule has 0 saturated heterocycles. The Morgan fingerprint density at radius 3 is 2.90 bits per heavy atom. The second-order valence-electron chi connectivity index (χ2n) is 4.84. The van der Waals surface area contributed by atoms with Crippen molar-refractivity contribution in [3.05, 3.63) is 52.4 Å². The van der Waals surface area contributed by atoms with Crippen LogP contribution < -0.4 is 10.1 Å². The molecule has 1 aromatic carbocycles. The third kappa shape index (κ3) is 3.55. The number of nitrogens with zero attached hydrogens (tertiary/aromatic N) is 1. The summed E-state index contributed by atoms with van der Waals surface area (Å²) >= 11 is 3.14. The first-order chi connectivity index (χ1) is 9.70. The van der Waals surface area contributed by atoms with Crippen molar-refractivity contribution in [2.24, 2.45) is 0 Å². The topological polar surface area (TPSA) is 34.1 Å².